The molecule has 0 unspecified atom stereocenters. The molecule has 0 N–H and O–H groups in total. The summed E-state index contributed by atoms with van der Waals surface area (Å²) in [7, 11) is -2.73. The van der Waals surface area contributed by atoms with Gasteiger partial charge < -0.3 is 0 Å². The summed E-state index contributed by atoms with van der Waals surface area (Å²) in [5.41, 5.74) is 0. The Kier molecular flexibility index (Phi) is 2.57. The number of pyridine rings is 1. The van der Waals surface area contributed by atoms with Gasteiger partial charge in [0.2, 0.25) is 0 Å². The van der Waals surface area contributed by atoms with Crippen molar-refractivity contribution in [1.82, 2.24) is 9.40 Å². The van der Waals surface area contributed by atoms with Crippen molar-refractivity contribution in [1.29, 1.82) is 0 Å². The predicted molar refractivity (Wildman–Crippen MR) is 45.0 cm³/mol. The molecule has 0 bridgehead atoms. The highest BCUT2D eigenvalue weighted by atomic mass is 32.2. The maximum Gasteiger partial charge on any atom is 0.282 e. The molecule has 0 saturated carbocycles. The molecule has 0 aliphatic carbocycles. The first-order valence-corrected chi connectivity index (χ1v) is 4.75. The van der Waals surface area contributed by atoms with Crippen LogP contribution in [0.3, 0.4) is 0 Å². The SMILES string of the molecule is CN(N=O)S(=O)(=O)c1cccnc1. The highest BCUT2D eigenvalue weighted by Crippen LogP contribution is 2.11. The fourth-order valence-corrected chi connectivity index (χ4v) is 1.53. The van der Waals surface area contributed by atoms with Crippen LogP contribution in [0.4, 0.5) is 0 Å². The summed E-state index contributed by atoms with van der Waals surface area (Å²) >= 11 is 0. The quantitative estimate of drug-likeness (QED) is 0.523. The van der Waals surface area contributed by atoms with Gasteiger partial charge in [-0.05, 0) is 12.1 Å². The predicted octanol–water partition coefficient (Wildman–Crippen LogP) is 0.384. The van der Waals surface area contributed by atoms with E-state index in [2.05, 4.69) is 10.3 Å². The summed E-state index contributed by atoms with van der Waals surface area (Å²) in [4.78, 5) is 13.6. The lowest BCUT2D eigenvalue weighted by molar-refractivity contribution is 0.485. The van der Waals surface area contributed by atoms with Gasteiger partial charge in [-0.25, -0.2) is 0 Å². The number of hydrogen-bond acceptors (Lipinski definition) is 5. The van der Waals surface area contributed by atoms with E-state index in [9.17, 15) is 13.3 Å². The molecule has 0 fully saturated rings. The molecule has 0 spiro atoms. The van der Waals surface area contributed by atoms with Gasteiger partial charge in [-0.15, -0.1) is 4.91 Å². The fourth-order valence-electron chi connectivity index (χ4n) is 0.696. The smallest absolute Gasteiger partial charge is 0.263 e. The van der Waals surface area contributed by atoms with Gasteiger partial charge in [0.15, 0.2) is 0 Å². The van der Waals surface area contributed by atoms with Crippen molar-refractivity contribution in [2.75, 3.05) is 7.05 Å². The van der Waals surface area contributed by atoms with E-state index in [1.807, 2.05) is 0 Å². The lowest BCUT2D eigenvalue weighted by atomic mass is 10.5. The van der Waals surface area contributed by atoms with Gasteiger partial charge in [0.05, 0.1) is 5.29 Å². The third kappa shape index (κ3) is 1.81. The van der Waals surface area contributed by atoms with Crippen molar-refractivity contribution in [2.45, 2.75) is 4.90 Å². The van der Waals surface area contributed by atoms with Gasteiger partial charge in [0.1, 0.15) is 4.90 Å². The minimum Gasteiger partial charge on any atom is -0.263 e. The lowest BCUT2D eigenvalue weighted by Crippen LogP contribution is -2.20. The van der Waals surface area contributed by atoms with Gasteiger partial charge in [-0.1, -0.05) is 0 Å². The molecule has 1 heterocycles. The number of sulfonamides is 1. The highest BCUT2D eigenvalue weighted by molar-refractivity contribution is 7.89. The molecule has 13 heavy (non-hydrogen) atoms. The van der Waals surface area contributed by atoms with Gasteiger partial charge in [0.25, 0.3) is 10.0 Å². The van der Waals surface area contributed by atoms with Crippen molar-refractivity contribution in [2.24, 2.45) is 5.29 Å². The first-order chi connectivity index (χ1) is 6.09. The van der Waals surface area contributed by atoms with Crippen LogP contribution in [0, 0.1) is 4.91 Å². The van der Waals surface area contributed by atoms with Gasteiger partial charge >= 0.3 is 0 Å². The van der Waals surface area contributed by atoms with Crippen molar-refractivity contribution >= 4 is 10.0 Å². The zero-order valence-corrected chi connectivity index (χ0v) is 7.60. The molecule has 1 aromatic rings. The largest absolute Gasteiger partial charge is 0.282 e. The number of hydrogen-bond donors (Lipinski definition) is 0. The van der Waals surface area contributed by atoms with Crippen LogP contribution < -0.4 is 0 Å². The molecule has 0 aliphatic heterocycles. The Labute approximate surface area is 75.2 Å². The average Bonchev–Trinajstić information content (AvgIpc) is 2.18. The summed E-state index contributed by atoms with van der Waals surface area (Å²) in [6, 6.07) is 2.80. The Hall–Kier alpha value is -1.50. The lowest BCUT2D eigenvalue weighted by Gasteiger charge is -2.08. The molecule has 1 aromatic heterocycles. The molecule has 6 nitrogen and oxygen atoms in total. The van der Waals surface area contributed by atoms with E-state index in [0.29, 0.717) is 4.41 Å². The minimum atomic E-state index is -3.80. The first-order valence-electron chi connectivity index (χ1n) is 3.31. The number of aromatic nitrogens is 1. The zero-order valence-electron chi connectivity index (χ0n) is 6.78. The molecule has 0 saturated heterocycles. The van der Waals surface area contributed by atoms with Crippen LogP contribution in [0.15, 0.2) is 34.7 Å². The van der Waals surface area contributed by atoms with E-state index in [0.717, 1.165) is 13.2 Å². The molecule has 0 atom stereocenters. The van der Waals surface area contributed by atoms with Crippen LogP contribution >= 0.6 is 0 Å². The first kappa shape index (κ1) is 9.59. The Morgan fingerprint density at radius 3 is 2.69 bits per heavy atom. The van der Waals surface area contributed by atoms with Crippen LogP contribution in [0.1, 0.15) is 0 Å². The van der Waals surface area contributed by atoms with Gasteiger partial charge in [0, 0.05) is 19.4 Å². The van der Waals surface area contributed by atoms with E-state index in [4.69, 9.17) is 0 Å². The molecule has 0 aromatic carbocycles. The summed E-state index contributed by atoms with van der Waals surface area (Å²) < 4.78 is 23.1. The molecular formula is C6H7N3O3S. The molecule has 0 radical (unpaired) electrons. The Balaban J connectivity index is 3.16. The van der Waals surface area contributed by atoms with E-state index in [1.165, 1.54) is 18.3 Å². The number of nitroso groups, excluding NO2 is 1. The number of nitrogens with zero attached hydrogens (tertiary/aromatic N) is 3. The second-order valence-electron chi connectivity index (χ2n) is 2.21. The van der Waals surface area contributed by atoms with Crippen molar-refractivity contribution in [3.05, 3.63) is 29.4 Å². The topological polar surface area (TPSA) is 79.7 Å². The molecular weight excluding hydrogens is 194 g/mol. The maximum atomic E-state index is 11.4. The molecule has 0 aliphatic rings. The van der Waals surface area contributed by atoms with Gasteiger partial charge in [-0.3, -0.25) is 4.98 Å². The third-order valence-corrected chi connectivity index (χ3v) is 2.99. The number of rotatable bonds is 3. The average molecular weight is 201 g/mol. The normalized spacial score (nSPS) is 10.8. The van der Waals surface area contributed by atoms with E-state index in [1.54, 1.807) is 0 Å². The molecule has 1 rings (SSSR count). The minimum absolute atomic E-state index is 0.0582. The zero-order chi connectivity index (χ0) is 9.90. The van der Waals surface area contributed by atoms with Gasteiger partial charge in [-0.2, -0.15) is 12.8 Å². The van der Waals surface area contributed by atoms with E-state index in [-0.39, 0.29) is 4.90 Å². The van der Waals surface area contributed by atoms with Crippen molar-refractivity contribution in [3.63, 3.8) is 0 Å². The van der Waals surface area contributed by atoms with Crippen LogP contribution in [0.5, 0.6) is 0 Å². The summed E-state index contributed by atoms with van der Waals surface area (Å²) in [5, 5.41) is 2.30. The molecule has 0 amide bonds. The van der Waals surface area contributed by atoms with Crippen LogP contribution in [0.2, 0.25) is 0 Å². The standard InChI is InChI=1S/C6H7N3O3S/c1-9(8-10)13(11,12)6-3-2-4-7-5-6/h2-5H,1H3. The van der Waals surface area contributed by atoms with Crippen molar-refractivity contribution in [3.8, 4) is 0 Å². The maximum absolute atomic E-state index is 11.4. The monoisotopic (exact) mass is 201 g/mol. The molecule has 7 heteroatoms. The second kappa shape index (κ2) is 3.48. The summed E-state index contributed by atoms with van der Waals surface area (Å²) in [6.45, 7) is 0. The van der Waals surface area contributed by atoms with E-state index >= 15 is 0 Å². The van der Waals surface area contributed by atoms with Crippen LogP contribution in [-0.4, -0.2) is 24.9 Å². The highest BCUT2D eigenvalue weighted by Gasteiger charge is 2.19. The summed E-state index contributed by atoms with van der Waals surface area (Å²) in [5.74, 6) is 0. The molecule has 70 valence electrons. The van der Waals surface area contributed by atoms with Crippen molar-refractivity contribution < 1.29 is 8.42 Å². The fraction of sp³-hybridized carbons (Fsp3) is 0.167. The Morgan fingerprint density at radius 1 is 1.54 bits per heavy atom. The Bertz CT molecular complexity index is 389. The third-order valence-electron chi connectivity index (χ3n) is 1.40. The van der Waals surface area contributed by atoms with E-state index < -0.39 is 10.0 Å². The van der Waals surface area contributed by atoms with Crippen LogP contribution in [-0.2, 0) is 10.0 Å². The second-order valence-corrected chi connectivity index (χ2v) is 4.16. The van der Waals surface area contributed by atoms with Crippen LogP contribution in [0.25, 0.3) is 0 Å². The Morgan fingerprint density at radius 2 is 2.23 bits per heavy atom. The summed E-state index contributed by atoms with van der Waals surface area (Å²) in [6.07, 6.45) is 2.59.